The summed E-state index contributed by atoms with van der Waals surface area (Å²) in [5, 5.41) is 9.03. The Bertz CT molecular complexity index is 865. The minimum atomic E-state index is -1.02. The smallest absolute Gasteiger partial charge is 0.228 e. The minimum absolute atomic E-state index is 0.121. The van der Waals surface area contributed by atoms with Crippen molar-refractivity contribution in [3.8, 4) is 5.75 Å². The number of amides is 1. The van der Waals surface area contributed by atoms with Gasteiger partial charge in [-0.1, -0.05) is 25.8 Å². The van der Waals surface area contributed by atoms with Gasteiger partial charge in [-0.2, -0.15) is 4.39 Å². The number of carbonyl (C=O) groups is 1. The van der Waals surface area contributed by atoms with Gasteiger partial charge in [-0.25, -0.2) is 9.37 Å². The Morgan fingerprint density at radius 2 is 2.11 bits per heavy atom. The quantitative estimate of drug-likeness (QED) is 0.714. The lowest BCUT2D eigenvalue weighted by Crippen LogP contribution is -2.34. The van der Waals surface area contributed by atoms with Gasteiger partial charge in [0.15, 0.2) is 11.6 Å². The molecule has 1 amide bonds. The van der Waals surface area contributed by atoms with Crippen LogP contribution in [-0.4, -0.2) is 18.0 Å². The van der Waals surface area contributed by atoms with Crippen LogP contribution in [-0.2, 0) is 4.79 Å². The number of benzene rings is 1. The van der Waals surface area contributed by atoms with Crippen molar-refractivity contribution in [2.24, 2.45) is 17.0 Å². The first kappa shape index (κ1) is 20.5. The summed E-state index contributed by atoms with van der Waals surface area (Å²) < 4.78 is 33.1. The van der Waals surface area contributed by atoms with Crippen molar-refractivity contribution in [3.63, 3.8) is 0 Å². The summed E-state index contributed by atoms with van der Waals surface area (Å²) >= 11 is 0.995. The number of hydrogen-bond donors (Lipinski definition) is 2. The molecule has 1 fully saturated rings. The van der Waals surface area contributed by atoms with Crippen molar-refractivity contribution in [2.75, 3.05) is 12.4 Å². The fourth-order valence-corrected chi connectivity index (χ4v) is 4.35. The number of hydrogen-bond acceptors (Lipinski definition) is 5. The number of halogens is 2. The van der Waals surface area contributed by atoms with Gasteiger partial charge < -0.3 is 10.1 Å². The number of anilines is 1. The third kappa shape index (κ3) is 4.12. The first-order chi connectivity index (χ1) is 13.5. The molecule has 8 heteroatoms. The Hall–Kier alpha value is -2.19. The van der Waals surface area contributed by atoms with E-state index in [0.29, 0.717) is 22.7 Å². The van der Waals surface area contributed by atoms with Gasteiger partial charge in [-0.3, -0.25) is 9.93 Å². The molecule has 1 aliphatic carbocycles. The van der Waals surface area contributed by atoms with Crippen LogP contribution in [0, 0.1) is 23.5 Å². The largest absolute Gasteiger partial charge is 0.493 e. The zero-order valence-electron chi connectivity index (χ0n) is 15.7. The number of carbonyl (C=O) groups excluding carboxylic acids is 1. The molecular weight excluding hydrogens is 384 g/mol. The van der Waals surface area contributed by atoms with E-state index in [0.717, 1.165) is 30.9 Å². The van der Waals surface area contributed by atoms with Crippen molar-refractivity contribution in [1.82, 2.24) is 4.98 Å². The van der Waals surface area contributed by atoms with E-state index in [-0.39, 0.29) is 29.4 Å². The molecule has 1 heterocycles. The van der Waals surface area contributed by atoms with E-state index >= 15 is 0 Å². The molecule has 0 radical (unpaired) electrons. The molecule has 0 aliphatic heterocycles. The number of nitrogens with two attached hydrogens (primary N) is 1. The van der Waals surface area contributed by atoms with Crippen LogP contribution in [0.1, 0.15) is 37.7 Å². The van der Waals surface area contributed by atoms with Crippen molar-refractivity contribution in [2.45, 2.75) is 37.1 Å². The highest BCUT2D eigenvalue weighted by Crippen LogP contribution is 2.46. The van der Waals surface area contributed by atoms with Crippen LogP contribution in [0.15, 0.2) is 35.5 Å². The van der Waals surface area contributed by atoms with Crippen LogP contribution in [0.3, 0.4) is 0 Å². The maximum atomic E-state index is 14.3. The topological polar surface area (TPSA) is 77.2 Å². The molecule has 1 aromatic heterocycles. The number of ether oxygens (including phenoxy) is 1. The van der Waals surface area contributed by atoms with Gasteiger partial charge in [-0.05, 0) is 42.5 Å². The van der Waals surface area contributed by atoms with Crippen LogP contribution in [0.25, 0.3) is 0 Å². The summed E-state index contributed by atoms with van der Waals surface area (Å²) in [7, 11) is 1.31. The summed E-state index contributed by atoms with van der Waals surface area (Å²) in [6.45, 7) is 2.03. The van der Waals surface area contributed by atoms with E-state index in [4.69, 9.17) is 9.88 Å². The molecule has 3 atom stereocenters. The van der Waals surface area contributed by atoms with Crippen molar-refractivity contribution >= 4 is 23.5 Å². The summed E-state index contributed by atoms with van der Waals surface area (Å²) in [5.74, 6) is -2.81. The predicted octanol–water partition coefficient (Wildman–Crippen LogP) is 4.49. The maximum Gasteiger partial charge on any atom is 0.228 e. The molecule has 1 saturated carbocycles. The lowest BCUT2D eigenvalue weighted by molar-refractivity contribution is -0.122. The Morgan fingerprint density at radius 1 is 1.32 bits per heavy atom. The molecule has 1 aliphatic rings. The Kier molecular flexibility index (Phi) is 6.51. The Morgan fingerprint density at radius 3 is 2.82 bits per heavy atom. The maximum absolute atomic E-state index is 14.3. The van der Waals surface area contributed by atoms with E-state index in [1.165, 1.54) is 13.2 Å². The molecule has 5 nitrogen and oxygen atoms in total. The summed E-state index contributed by atoms with van der Waals surface area (Å²) in [6.07, 6.45) is 4.03. The monoisotopic (exact) mass is 407 g/mol. The van der Waals surface area contributed by atoms with Crippen LogP contribution in [0.2, 0.25) is 0 Å². The van der Waals surface area contributed by atoms with Crippen LogP contribution in [0.4, 0.5) is 14.5 Å². The van der Waals surface area contributed by atoms with E-state index in [2.05, 4.69) is 10.3 Å². The SMILES string of the molecule is COc1c(C2[C@@H](C)CCC[C@H]2C(=O)Nc2ccnc(SN)c2)ccc(F)c1F. The average Bonchev–Trinajstić information content (AvgIpc) is 2.70. The van der Waals surface area contributed by atoms with Crippen molar-refractivity contribution in [3.05, 3.63) is 47.7 Å². The van der Waals surface area contributed by atoms with Crippen LogP contribution < -0.4 is 15.2 Å². The van der Waals surface area contributed by atoms with Gasteiger partial charge in [0.05, 0.1) is 7.11 Å². The van der Waals surface area contributed by atoms with Gasteiger partial charge in [0.25, 0.3) is 0 Å². The molecule has 2 aromatic rings. The first-order valence-corrected chi connectivity index (χ1v) is 9.99. The molecule has 0 spiro atoms. The second kappa shape index (κ2) is 8.87. The zero-order chi connectivity index (χ0) is 20.3. The number of aromatic nitrogens is 1. The van der Waals surface area contributed by atoms with Gasteiger partial charge in [0, 0.05) is 29.3 Å². The number of nitrogens with zero attached hydrogens (tertiary/aromatic N) is 1. The molecule has 150 valence electrons. The third-order valence-electron chi connectivity index (χ3n) is 5.32. The van der Waals surface area contributed by atoms with E-state index in [9.17, 15) is 13.6 Å². The highest BCUT2D eigenvalue weighted by Gasteiger charge is 2.39. The van der Waals surface area contributed by atoms with Crippen LogP contribution in [0.5, 0.6) is 5.75 Å². The minimum Gasteiger partial charge on any atom is -0.493 e. The highest BCUT2D eigenvalue weighted by atomic mass is 32.2. The lowest BCUT2D eigenvalue weighted by atomic mass is 9.69. The van der Waals surface area contributed by atoms with Gasteiger partial charge >= 0.3 is 0 Å². The average molecular weight is 407 g/mol. The normalized spacial score (nSPS) is 22.0. The molecule has 0 bridgehead atoms. The second-order valence-corrected chi connectivity index (χ2v) is 7.67. The van der Waals surface area contributed by atoms with E-state index in [1.807, 2.05) is 6.92 Å². The molecular formula is C20H23F2N3O2S. The van der Waals surface area contributed by atoms with Gasteiger partial charge in [0.2, 0.25) is 11.7 Å². The molecule has 3 rings (SSSR count). The Labute approximate surface area is 167 Å². The first-order valence-electron chi connectivity index (χ1n) is 9.11. The van der Waals surface area contributed by atoms with Crippen molar-refractivity contribution < 1.29 is 18.3 Å². The molecule has 3 N–H and O–H groups in total. The standard InChI is InChI=1S/C20H23F2N3O2S/c1-11-4-3-5-14(20(26)25-12-8-9-24-16(10-12)28-23)17(11)13-6-7-15(21)18(22)19(13)27-2/h6-11,14,17H,3-5,23H2,1-2H3,(H,24,25,26)/t11-,14+,17?/m0/s1. The predicted molar refractivity (Wildman–Crippen MR) is 105 cm³/mol. The number of methoxy groups -OCH3 is 1. The fourth-order valence-electron chi connectivity index (χ4n) is 4.04. The second-order valence-electron chi connectivity index (χ2n) is 7.01. The van der Waals surface area contributed by atoms with Gasteiger partial charge in [-0.15, -0.1) is 0 Å². The number of nitrogens with one attached hydrogen (secondary N) is 1. The lowest BCUT2D eigenvalue weighted by Gasteiger charge is -2.36. The van der Waals surface area contributed by atoms with Crippen LogP contribution >= 0.6 is 11.9 Å². The summed E-state index contributed by atoms with van der Waals surface area (Å²) in [6, 6.07) is 6.01. The summed E-state index contributed by atoms with van der Waals surface area (Å²) in [4.78, 5) is 17.2. The molecule has 1 unspecified atom stereocenters. The fraction of sp³-hybridized carbons (Fsp3) is 0.400. The number of rotatable bonds is 5. The zero-order valence-corrected chi connectivity index (χ0v) is 16.6. The van der Waals surface area contributed by atoms with Gasteiger partial charge in [0.1, 0.15) is 5.03 Å². The highest BCUT2D eigenvalue weighted by molar-refractivity contribution is 7.97. The number of pyridine rings is 1. The molecule has 0 saturated heterocycles. The Balaban J connectivity index is 1.93. The molecule has 28 heavy (non-hydrogen) atoms. The molecule has 1 aromatic carbocycles. The van der Waals surface area contributed by atoms with Crippen molar-refractivity contribution in [1.29, 1.82) is 0 Å². The third-order valence-corrected chi connectivity index (χ3v) is 5.79. The summed E-state index contributed by atoms with van der Waals surface area (Å²) in [5.41, 5.74) is 1.13. The van der Waals surface area contributed by atoms with E-state index in [1.54, 1.807) is 18.3 Å². The van der Waals surface area contributed by atoms with E-state index < -0.39 is 11.6 Å².